The number of thioether (sulfide) groups is 1. The van der Waals surface area contributed by atoms with Gasteiger partial charge in [0.05, 0.1) is 6.61 Å². The van der Waals surface area contributed by atoms with Crippen molar-refractivity contribution in [1.29, 1.82) is 0 Å². The molecule has 2 aromatic carbocycles. The highest BCUT2D eigenvalue weighted by Gasteiger charge is 2.03. The van der Waals surface area contributed by atoms with Gasteiger partial charge >= 0.3 is 0 Å². The normalized spacial score (nSPS) is 12.2. The molecule has 0 spiro atoms. The largest absolute Gasteiger partial charge is 0.476 e. The third kappa shape index (κ3) is 5.26. The summed E-state index contributed by atoms with van der Waals surface area (Å²) in [6, 6.07) is 19.8. The lowest BCUT2D eigenvalue weighted by Gasteiger charge is -2.05. The molecule has 0 bridgehead atoms. The van der Waals surface area contributed by atoms with E-state index in [0.29, 0.717) is 17.7 Å². The molecule has 0 unspecified atom stereocenters. The van der Waals surface area contributed by atoms with Gasteiger partial charge in [0.25, 0.3) is 0 Å². The molecule has 0 saturated carbocycles. The highest BCUT2D eigenvalue weighted by molar-refractivity contribution is 8.13. The van der Waals surface area contributed by atoms with Crippen LogP contribution in [0, 0.1) is 0 Å². The number of rotatable bonds is 5. The number of hydrogen-bond donors (Lipinski definition) is 1. The van der Waals surface area contributed by atoms with Crippen molar-refractivity contribution >= 4 is 22.8 Å². The Morgan fingerprint density at radius 2 is 1.64 bits per heavy atom. The standard InChI is InChI=1S/C17H19N3OS/c1-2-21-16(15-11-7-4-8-12-15)19-20-17(18)22-13-14-9-5-3-6-10-14/h3-12H,2,13H2,1H3,(H2,18,20)/b19-16-. The van der Waals surface area contributed by atoms with E-state index < -0.39 is 0 Å². The summed E-state index contributed by atoms with van der Waals surface area (Å²) in [5.74, 6) is 1.24. The van der Waals surface area contributed by atoms with Crippen molar-refractivity contribution in [2.45, 2.75) is 12.7 Å². The van der Waals surface area contributed by atoms with Gasteiger partial charge in [0.1, 0.15) is 0 Å². The van der Waals surface area contributed by atoms with Gasteiger partial charge in [-0.25, -0.2) is 0 Å². The molecular weight excluding hydrogens is 294 g/mol. The number of hydrogen-bond acceptors (Lipinski definition) is 4. The van der Waals surface area contributed by atoms with Crippen molar-refractivity contribution in [1.82, 2.24) is 0 Å². The predicted octanol–water partition coefficient (Wildman–Crippen LogP) is 3.63. The molecule has 5 heteroatoms. The Hall–Kier alpha value is -2.27. The van der Waals surface area contributed by atoms with E-state index >= 15 is 0 Å². The Bertz CT molecular complexity index is 627. The van der Waals surface area contributed by atoms with Crippen molar-refractivity contribution in [3.63, 3.8) is 0 Å². The molecule has 0 heterocycles. The maximum Gasteiger partial charge on any atom is 0.240 e. The summed E-state index contributed by atoms with van der Waals surface area (Å²) < 4.78 is 5.52. The fourth-order valence-corrected chi connectivity index (χ4v) is 2.35. The van der Waals surface area contributed by atoms with Crippen LogP contribution in [0.3, 0.4) is 0 Å². The Labute approximate surface area is 135 Å². The van der Waals surface area contributed by atoms with E-state index in [1.807, 2.05) is 55.5 Å². The first-order valence-electron chi connectivity index (χ1n) is 7.05. The first-order chi connectivity index (χ1) is 10.8. The van der Waals surface area contributed by atoms with E-state index in [0.717, 1.165) is 11.3 Å². The molecule has 0 aliphatic rings. The average Bonchev–Trinajstić information content (AvgIpc) is 2.58. The zero-order chi connectivity index (χ0) is 15.6. The maximum atomic E-state index is 5.89. The summed E-state index contributed by atoms with van der Waals surface area (Å²) in [6.45, 7) is 2.44. The van der Waals surface area contributed by atoms with Gasteiger partial charge in [-0.05, 0) is 24.6 Å². The monoisotopic (exact) mass is 313 g/mol. The van der Waals surface area contributed by atoms with Crippen molar-refractivity contribution < 1.29 is 4.74 Å². The Morgan fingerprint density at radius 1 is 1.00 bits per heavy atom. The van der Waals surface area contributed by atoms with Gasteiger partial charge in [0.2, 0.25) is 5.90 Å². The van der Waals surface area contributed by atoms with Crippen LogP contribution in [-0.2, 0) is 10.5 Å². The van der Waals surface area contributed by atoms with E-state index in [-0.39, 0.29) is 0 Å². The quantitative estimate of drug-likeness (QED) is 0.521. The third-order valence-corrected chi connectivity index (χ3v) is 3.63. The van der Waals surface area contributed by atoms with Crippen molar-refractivity contribution in [2.24, 2.45) is 15.9 Å². The van der Waals surface area contributed by atoms with Gasteiger partial charge in [-0.15, -0.1) is 10.2 Å². The predicted molar refractivity (Wildman–Crippen MR) is 94.0 cm³/mol. The molecular formula is C17H19N3OS. The van der Waals surface area contributed by atoms with Crippen LogP contribution >= 0.6 is 11.8 Å². The van der Waals surface area contributed by atoms with Crippen LogP contribution < -0.4 is 5.73 Å². The first-order valence-corrected chi connectivity index (χ1v) is 8.04. The van der Waals surface area contributed by atoms with Crippen LogP contribution in [0.5, 0.6) is 0 Å². The fourth-order valence-electron chi connectivity index (χ4n) is 1.74. The molecule has 22 heavy (non-hydrogen) atoms. The van der Waals surface area contributed by atoms with Crippen molar-refractivity contribution in [2.75, 3.05) is 6.61 Å². The van der Waals surface area contributed by atoms with Gasteiger partial charge in [-0.3, -0.25) is 0 Å². The zero-order valence-corrected chi connectivity index (χ0v) is 13.3. The molecule has 4 nitrogen and oxygen atoms in total. The smallest absolute Gasteiger partial charge is 0.240 e. The number of nitrogens with zero attached hydrogens (tertiary/aromatic N) is 2. The van der Waals surface area contributed by atoms with Crippen LogP contribution in [0.15, 0.2) is 70.9 Å². The zero-order valence-electron chi connectivity index (χ0n) is 12.5. The average molecular weight is 313 g/mol. The van der Waals surface area contributed by atoms with Gasteiger partial charge < -0.3 is 10.5 Å². The Kier molecular flexibility index (Phi) is 6.51. The van der Waals surface area contributed by atoms with Crippen LogP contribution in [-0.4, -0.2) is 17.7 Å². The molecule has 2 N–H and O–H groups in total. The van der Waals surface area contributed by atoms with Crippen LogP contribution in [0.2, 0.25) is 0 Å². The summed E-state index contributed by atoms with van der Waals surface area (Å²) >= 11 is 1.45. The molecule has 0 aromatic heterocycles. The highest BCUT2D eigenvalue weighted by Crippen LogP contribution is 2.12. The van der Waals surface area contributed by atoms with E-state index in [4.69, 9.17) is 10.5 Å². The van der Waals surface area contributed by atoms with E-state index in [1.165, 1.54) is 17.3 Å². The molecule has 0 radical (unpaired) electrons. The molecule has 114 valence electrons. The summed E-state index contributed by atoms with van der Waals surface area (Å²) in [6.07, 6.45) is 0. The molecule has 0 aliphatic carbocycles. The second-order valence-corrected chi connectivity index (χ2v) is 5.41. The van der Waals surface area contributed by atoms with E-state index in [2.05, 4.69) is 22.3 Å². The molecule has 0 fully saturated rings. The minimum Gasteiger partial charge on any atom is -0.476 e. The van der Waals surface area contributed by atoms with Crippen LogP contribution in [0.4, 0.5) is 0 Å². The van der Waals surface area contributed by atoms with Crippen molar-refractivity contribution in [3.05, 3.63) is 71.8 Å². The van der Waals surface area contributed by atoms with Crippen LogP contribution in [0.25, 0.3) is 0 Å². The number of benzene rings is 2. The summed E-state index contributed by atoms with van der Waals surface area (Å²) in [4.78, 5) is 0. The summed E-state index contributed by atoms with van der Waals surface area (Å²) in [7, 11) is 0. The molecule has 0 amide bonds. The molecule has 2 rings (SSSR count). The van der Waals surface area contributed by atoms with Gasteiger partial charge in [-0.1, -0.05) is 60.3 Å². The second kappa shape index (κ2) is 8.89. The topological polar surface area (TPSA) is 60.0 Å². The molecule has 2 aromatic rings. The maximum absolute atomic E-state index is 5.89. The Morgan fingerprint density at radius 3 is 2.27 bits per heavy atom. The van der Waals surface area contributed by atoms with Gasteiger partial charge in [0, 0.05) is 11.3 Å². The number of ether oxygens (including phenoxy) is 1. The SMILES string of the molecule is CCO/C(=N\N=C(/N)SCc1ccccc1)c1ccccc1. The van der Waals surface area contributed by atoms with Gasteiger partial charge in [0.15, 0.2) is 5.17 Å². The highest BCUT2D eigenvalue weighted by atomic mass is 32.2. The minimum absolute atomic E-state index is 0.414. The summed E-state index contributed by atoms with van der Waals surface area (Å²) in [5, 5.41) is 8.60. The van der Waals surface area contributed by atoms with Crippen molar-refractivity contribution in [3.8, 4) is 0 Å². The number of nitrogens with two attached hydrogens (primary N) is 1. The lowest BCUT2D eigenvalue weighted by atomic mass is 10.2. The van der Waals surface area contributed by atoms with E-state index in [1.54, 1.807) is 0 Å². The third-order valence-electron chi connectivity index (χ3n) is 2.77. The second-order valence-electron chi connectivity index (χ2n) is 4.42. The van der Waals surface area contributed by atoms with Crippen LogP contribution in [0.1, 0.15) is 18.1 Å². The first kappa shape index (κ1) is 16.1. The lowest BCUT2D eigenvalue weighted by molar-refractivity contribution is 0.327. The number of amidine groups is 1. The molecule has 0 aliphatic heterocycles. The van der Waals surface area contributed by atoms with E-state index in [9.17, 15) is 0 Å². The molecule has 0 saturated heterocycles. The summed E-state index contributed by atoms with van der Waals surface area (Å²) in [5.41, 5.74) is 7.97. The van der Waals surface area contributed by atoms with Gasteiger partial charge in [-0.2, -0.15) is 0 Å². The minimum atomic E-state index is 0.414. The Balaban J connectivity index is 2.02. The molecule has 0 atom stereocenters. The fraction of sp³-hybridized carbons (Fsp3) is 0.176. The lowest BCUT2D eigenvalue weighted by Crippen LogP contribution is -2.09.